The first-order valence-corrected chi connectivity index (χ1v) is 6.76. The van der Waals surface area contributed by atoms with E-state index in [2.05, 4.69) is 31.9 Å². The number of hydrogen-bond acceptors (Lipinski definition) is 2. The quantitative estimate of drug-likeness (QED) is 0.776. The van der Waals surface area contributed by atoms with Gasteiger partial charge in [0.15, 0.2) is 5.78 Å². The predicted molar refractivity (Wildman–Crippen MR) is 75.8 cm³/mol. The standard InChI is InChI=1S/C12H10Br2N2O2/c1-15-3-2-8(5-15)11(17)7-16-6-9(13)4-10(14)12(16)18/h2-6H,7H2,1H3. The molecule has 0 radical (unpaired) electrons. The van der Waals surface area contributed by atoms with Crippen LogP contribution >= 0.6 is 31.9 Å². The molecule has 0 unspecified atom stereocenters. The normalized spacial score (nSPS) is 10.6. The Labute approximate surface area is 120 Å². The summed E-state index contributed by atoms with van der Waals surface area (Å²) in [5.74, 6) is -0.0947. The molecular weight excluding hydrogens is 364 g/mol. The van der Waals surface area contributed by atoms with Gasteiger partial charge in [0, 0.05) is 35.7 Å². The summed E-state index contributed by atoms with van der Waals surface area (Å²) in [7, 11) is 1.85. The summed E-state index contributed by atoms with van der Waals surface area (Å²) >= 11 is 6.46. The molecule has 0 aliphatic heterocycles. The van der Waals surface area contributed by atoms with E-state index in [-0.39, 0.29) is 17.9 Å². The third kappa shape index (κ3) is 2.81. The van der Waals surface area contributed by atoms with Crippen molar-refractivity contribution < 1.29 is 4.79 Å². The number of halogens is 2. The van der Waals surface area contributed by atoms with Gasteiger partial charge in [-0.1, -0.05) is 0 Å². The number of Topliss-reactive ketones (excluding diaryl/α,β-unsaturated/α-hetero) is 1. The van der Waals surface area contributed by atoms with Gasteiger partial charge >= 0.3 is 0 Å². The minimum atomic E-state index is -0.220. The molecule has 18 heavy (non-hydrogen) atoms. The second-order valence-corrected chi connectivity index (χ2v) is 5.70. The Morgan fingerprint density at radius 1 is 1.33 bits per heavy atom. The first kappa shape index (κ1) is 13.3. The number of pyridine rings is 1. The fourth-order valence-corrected chi connectivity index (χ4v) is 2.85. The first-order valence-electron chi connectivity index (χ1n) is 5.18. The molecule has 0 saturated carbocycles. The Morgan fingerprint density at radius 3 is 2.67 bits per heavy atom. The number of carbonyl (C=O) groups is 1. The van der Waals surface area contributed by atoms with Crippen LogP contribution in [0, 0.1) is 0 Å². The van der Waals surface area contributed by atoms with Crippen molar-refractivity contribution in [1.82, 2.24) is 9.13 Å². The fraction of sp³-hybridized carbons (Fsp3) is 0.167. The van der Waals surface area contributed by atoms with Crippen molar-refractivity contribution in [1.29, 1.82) is 0 Å². The SMILES string of the molecule is Cn1ccc(C(=O)Cn2cc(Br)cc(Br)c2=O)c1. The summed E-state index contributed by atoms with van der Waals surface area (Å²) in [6.07, 6.45) is 5.14. The van der Waals surface area contributed by atoms with Gasteiger partial charge < -0.3 is 9.13 Å². The van der Waals surface area contributed by atoms with Gasteiger partial charge in [-0.15, -0.1) is 0 Å². The Bertz CT molecular complexity index is 658. The van der Waals surface area contributed by atoms with E-state index < -0.39 is 0 Å². The van der Waals surface area contributed by atoms with E-state index in [0.29, 0.717) is 10.0 Å². The van der Waals surface area contributed by atoms with Crippen LogP contribution < -0.4 is 5.56 Å². The Balaban J connectivity index is 2.30. The zero-order chi connectivity index (χ0) is 13.3. The van der Waals surface area contributed by atoms with Crippen LogP contribution in [0.25, 0.3) is 0 Å². The molecule has 94 valence electrons. The monoisotopic (exact) mass is 372 g/mol. The lowest BCUT2D eigenvalue weighted by atomic mass is 10.2. The van der Waals surface area contributed by atoms with Crippen LogP contribution in [0.3, 0.4) is 0 Å². The number of aromatic nitrogens is 2. The average Bonchev–Trinajstić information content (AvgIpc) is 2.72. The van der Waals surface area contributed by atoms with Crippen LogP contribution in [0.1, 0.15) is 10.4 Å². The molecule has 0 bridgehead atoms. The van der Waals surface area contributed by atoms with Crippen LogP contribution in [-0.4, -0.2) is 14.9 Å². The van der Waals surface area contributed by atoms with E-state index >= 15 is 0 Å². The molecule has 4 nitrogen and oxygen atoms in total. The maximum absolute atomic E-state index is 12.0. The summed E-state index contributed by atoms with van der Waals surface area (Å²) in [6.45, 7) is 0.0287. The second-order valence-electron chi connectivity index (χ2n) is 3.93. The van der Waals surface area contributed by atoms with Gasteiger partial charge in [-0.2, -0.15) is 0 Å². The summed E-state index contributed by atoms with van der Waals surface area (Å²) in [5, 5.41) is 0. The number of rotatable bonds is 3. The summed E-state index contributed by atoms with van der Waals surface area (Å²) in [4.78, 5) is 23.8. The van der Waals surface area contributed by atoms with Crippen molar-refractivity contribution in [2.24, 2.45) is 7.05 Å². The first-order chi connectivity index (χ1) is 8.47. The van der Waals surface area contributed by atoms with Crippen LogP contribution in [0.15, 0.2) is 44.5 Å². The zero-order valence-corrected chi connectivity index (χ0v) is 12.7. The van der Waals surface area contributed by atoms with E-state index in [1.807, 2.05) is 7.05 Å². The van der Waals surface area contributed by atoms with Crippen molar-refractivity contribution in [2.45, 2.75) is 6.54 Å². The number of aryl methyl sites for hydroxylation is 1. The summed E-state index contributed by atoms with van der Waals surface area (Å²) in [5.41, 5.74) is 0.378. The average molecular weight is 374 g/mol. The Morgan fingerprint density at radius 2 is 2.06 bits per heavy atom. The molecule has 0 atom stereocenters. The lowest BCUT2D eigenvalue weighted by molar-refractivity contribution is 0.0970. The minimum absolute atomic E-state index is 0.0287. The molecule has 0 fully saturated rings. The van der Waals surface area contributed by atoms with Gasteiger partial charge in [0.05, 0.1) is 11.0 Å². The van der Waals surface area contributed by atoms with Crippen molar-refractivity contribution in [3.05, 3.63) is 55.6 Å². The number of hydrogen-bond donors (Lipinski definition) is 0. The van der Waals surface area contributed by atoms with Gasteiger partial charge in [-0.25, -0.2) is 0 Å². The topological polar surface area (TPSA) is 44.0 Å². The minimum Gasteiger partial charge on any atom is -0.357 e. The van der Waals surface area contributed by atoms with E-state index in [1.54, 1.807) is 35.3 Å². The van der Waals surface area contributed by atoms with Gasteiger partial charge in [-0.3, -0.25) is 9.59 Å². The lowest BCUT2D eigenvalue weighted by Crippen LogP contribution is -2.24. The van der Waals surface area contributed by atoms with Crippen LogP contribution in [0.4, 0.5) is 0 Å². The van der Waals surface area contributed by atoms with E-state index in [9.17, 15) is 9.59 Å². The number of carbonyl (C=O) groups excluding carboxylic acids is 1. The molecule has 0 saturated heterocycles. The Hall–Kier alpha value is -1.14. The highest BCUT2D eigenvalue weighted by Gasteiger charge is 2.10. The fourth-order valence-electron chi connectivity index (χ4n) is 1.60. The smallest absolute Gasteiger partial charge is 0.265 e. The molecular formula is C12H10Br2N2O2. The molecule has 0 aromatic carbocycles. The predicted octanol–water partition coefficient (Wildman–Crippen LogP) is 2.59. The molecule has 0 aliphatic rings. The summed E-state index contributed by atoms with van der Waals surface area (Å²) in [6, 6.07) is 3.40. The molecule has 6 heteroatoms. The molecule has 2 rings (SSSR count). The second kappa shape index (κ2) is 5.24. The van der Waals surface area contributed by atoms with Gasteiger partial charge in [0.25, 0.3) is 5.56 Å². The lowest BCUT2D eigenvalue weighted by Gasteiger charge is -2.05. The van der Waals surface area contributed by atoms with Crippen molar-refractivity contribution in [2.75, 3.05) is 0 Å². The number of ketones is 1. The largest absolute Gasteiger partial charge is 0.357 e. The van der Waals surface area contributed by atoms with Crippen LogP contribution in [0.2, 0.25) is 0 Å². The third-order valence-corrected chi connectivity index (χ3v) is 3.48. The van der Waals surface area contributed by atoms with Gasteiger partial charge in [-0.05, 0) is 44.0 Å². The van der Waals surface area contributed by atoms with Gasteiger partial charge in [0.1, 0.15) is 0 Å². The molecule has 0 N–H and O–H groups in total. The van der Waals surface area contributed by atoms with Crippen molar-refractivity contribution >= 4 is 37.6 Å². The number of nitrogens with zero attached hydrogens (tertiary/aromatic N) is 2. The highest BCUT2D eigenvalue weighted by Crippen LogP contribution is 2.13. The molecule has 2 heterocycles. The Kier molecular flexibility index (Phi) is 3.87. The maximum atomic E-state index is 12.0. The van der Waals surface area contributed by atoms with E-state index in [0.717, 1.165) is 4.47 Å². The molecule has 0 aliphatic carbocycles. The molecule has 0 spiro atoms. The zero-order valence-electron chi connectivity index (χ0n) is 9.56. The molecule has 2 aromatic rings. The van der Waals surface area contributed by atoms with E-state index in [4.69, 9.17) is 0 Å². The van der Waals surface area contributed by atoms with Crippen LogP contribution in [0.5, 0.6) is 0 Å². The molecule has 0 amide bonds. The maximum Gasteiger partial charge on any atom is 0.265 e. The molecule has 2 aromatic heterocycles. The van der Waals surface area contributed by atoms with Crippen molar-refractivity contribution in [3.8, 4) is 0 Å². The highest BCUT2D eigenvalue weighted by molar-refractivity contribution is 9.11. The highest BCUT2D eigenvalue weighted by atomic mass is 79.9. The van der Waals surface area contributed by atoms with Gasteiger partial charge in [0.2, 0.25) is 0 Å². The summed E-state index contributed by atoms with van der Waals surface area (Å²) < 4.78 is 4.35. The van der Waals surface area contributed by atoms with Crippen LogP contribution in [-0.2, 0) is 13.6 Å². The van der Waals surface area contributed by atoms with Crippen molar-refractivity contribution in [3.63, 3.8) is 0 Å². The third-order valence-electron chi connectivity index (χ3n) is 2.48. The van der Waals surface area contributed by atoms with E-state index in [1.165, 1.54) is 4.57 Å².